The Morgan fingerprint density at radius 3 is 2.53 bits per heavy atom. The van der Waals surface area contributed by atoms with Gasteiger partial charge >= 0.3 is 0 Å². The molecule has 0 aliphatic rings. The molecule has 0 aliphatic carbocycles. The molecule has 0 N–H and O–H groups in total. The van der Waals surface area contributed by atoms with Crippen molar-refractivity contribution >= 4 is 12.6 Å². The molecule has 2 aromatic rings. The number of hydrogen-bond acceptors (Lipinski definition) is 2. The zero-order chi connectivity index (χ0) is 12.4. The number of hydrogen-bond donors (Lipinski definition) is 1. The molecule has 0 saturated heterocycles. The lowest BCUT2D eigenvalue weighted by atomic mass is 10.0. The van der Waals surface area contributed by atoms with Crippen molar-refractivity contribution in [3.05, 3.63) is 48.0 Å². The van der Waals surface area contributed by atoms with E-state index in [0.717, 1.165) is 0 Å². The van der Waals surface area contributed by atoms with Gasteiger partial charge in [-0.2, -0.15) is 0 Å². The van der Waals surface area contributed by atoms with E-state index in [1.165, 1.54) is 25.3 Å². The van der Waals surface area contributed by atoms with Crippen molar-refractivity contribution in [2.24, 2.45) is 0 Å². The second-order valence-electron chi connectivity index (χ2n) is 3.49. The first-order valence-electron chi connectivity index (χ1n) is 4.95. The Morgan fingerprint density at radius 2 is 1.88 bits per heavy atom. The van der Waals surface area contributed by atoms with Crippen LogP contribution in [0, 0.1) is 11.6 Å². The van der Waals surface area contributed by atoms with Gasteiger partial charge in [-0.15, -0.1) is 12.6 Å². The summed E-state index contributed by atoms with van der Waals surface area (Å²) in [5, 5.41) is 0. The lowest BCUT2D eigenvalue weighted by Crippen LogP contribution is -1.92. The van der Waals surface area contributed by atoms with Gasteiger partial charge in [0.2, 0.25) is 0 Å². The van der Waals surface area contributed by atoms with Crippen LogP contribution in [0.25, 0.3) is 11.1 Å². The first-order valence-corrected chi connectivity index (χ1v) is 5.39. The molecule has 0 aromatic heterocycles. The molecular weight excluding hydrogens is 242 g/mol. The molecule has 4 heteroatoms. The van der Waals surface area contributed by atoms with E-state index in [1.54, 1.807) is 18.2 Å². The Kier molecular flexibility index (Phi) is 3.33. The van der Waals surface area contributed by atoms with Crippen LogP contribution in [0.5, 0.6) is 5.75 Å². The summed E-state index contributed by atoms with van der Waals surface area (Å²) in [4.78, 5) is 0.120. The van der Waals surface area contributed by atoms with Crippen LogP contribution in [0.4, 0.5) is 8.78 Å². The smallest absolute Gasteiger partial charge is 0.148 e. The van der Waals surface area contributed by atoms with Crippen molar-refractivity contribution in [1.82, 2.24) is 0 Å². The quantitative estimate of drug-likeness (QED) is 0.797. The van der Waals surface area contributed by atoms with Crippen LogP contribution >= 0.6 is 12.6 Å². The van der Waals surface area contributed by atoms with Gasteiger partial charge in [0.15, 0.2) is 0 Å². The molecule has 0 aliphatic heterocycles. The molecule has 0 heterocycles. The molecule has 2 rings (SSSR count). The lowest BCUT2D eigenvalue weighted by molar-refractivity contribution is 0.398. The summed E-state index contributed by atoms with van der Waals surface area (Å²) < 4.78 is 32.0. The Morgan fingerprint density at radius 1 is 1.12 bits per heavy atom. The van der Waals surface area contributed by atoms with E-state index >= 15 is 0 Å². The van der Waals surface area contributed by atoms with Crippen molar-refractivity contribution in [3.8, 4) is 16.9 Å². The Hall–Kier alpha value is -1.55. The van der Waals surface area contributed by atoms with Gasteiger partial charge in [-0.3, -0.25) is 0 Å². The average Bonchev–Trinajstić information content (AvgIpc) is 2.32. The third kappa shape index (κ3) is 2.26. The summed E-state index contributed by atoms with van der Waals surface area (Å²) in [6.07, 6.45) is 0. The van der Waals surface area contributed by atoms with Crippen LogP contribution in [0.1, 0.15) is 0 Å². The molecule has 2 aromatic carbocycles. The van der Waals surface area contributed by atoms with Crippen LogP contribution in [-0.4, -0.2) is 7.11 Å². The van der Waals surface area contributed by atoms with Crippen molar-refractivity contribution in [1.29, 1.82) is 0 Å². The molecule has 0 spiro atoms. The van der Waals surface area contributed by atoms with Gasteiger partial charge in [0.25, 0.3) is 0 Å². The Balaban J connectivity index is 2.57. The number of thiol groups is 1. The van der Waals surface area contributed by atoms with E-state index in [1.807, 2.05) is 0 Å². The van der Waals surface area contributed by atoms with Gasteiger partial charge in [-0.05, 0) is 29.8 Å². The maximum atomic E-state index is 14.0. The number of benzene rings is 2. The SMILES string of the molecule is COc1ccc(-c2cccc(F)c2)c(F)c1S. The van der Waals surface area contributed by atoms with Crippen molar-refractivity contribution in [2.45, 2.75) is 4.90 Å². The Bertz CT molecular complexity index is 555. The topological polar surface area (TPSA) is 9.23 Å². The van der Waals surface area contributed by atoms with Gasteiger partial charge < -0.3 is 4.74 Å². The second-order valence-corrected chi connectivity index (χ2v) is 3.94. The highest BCUT2D eigenvalue weighted by Gasteiger charge is 2.12. The maximum Gasteiger partial charge on any atom is 0.148 e. The molecule has 0 unspecified atom stereocenters. The molecule has 0 bridgehead atoms. The number of methoxy groups -OCH3 is 1. The largest absolute Gasteiger partial charge is 0.495 e. The van der Waals surface area contributed by atoms with Crippen molar-refractivity contribution in [3.63, 3.8) is 0 Å². The third-order valence-corrected chi connectivity index (χ3v) is 2.85. The first-order chi connectivity index (χ1) is 8.13. The summed E-state index contributed by atoms with van der Waals surface area (Å²) in [6, 6.07) is 8.91. The number of halogens is 2. The van der Waals surface area contributed by atoms with Crippen LogP contribution in [0.3, 0.4) is 0 Å². The van der Waals surface area contributed by atoms with Gasteiger partial charge in [0, 0.05) is 5.56 Å². The second kappa shape index (κ2) is 4.75. The summed E-state index contributed by atoms with van der Waals surface area (Å²) >= 11 is 4.04. The summed E-state index contributed by atoms with van der Waals surface area (Å²) in [7, 11) is 1.44. The van der Waals surface area contributed by atoms with E-state index < -0.39 is 11.6 Å². The minimum Gasteiger partial charge on any atom is -0.495 e. The molecule has 88 valence electrons. The van der Waals surface area contributed by atoms with Crippen LogP contribution in [0.15, 0.2) is 41.3 Å². The minimum absolute atomic E-state index is 0.120. The zero-order valence-corrected chi connectivity index (χ0v) is 9.97. The summed E-state index contributed by atoms with van der Waals surface area (Å²) in [5.41, 5.74) is 0.774. The van der Waals surface area contributed by atoms with E-state index in [4.69, 9.17) is 4.74 Å². The fourth-order valence-corrected chi connectivity index (χ4v) is 1.88. The van der Waals surface area contributed by atoms with E-state index in [0.29, 0.717) is 16.9 Å². The van der Waals surface area contributed by atoms with Gasteiger partial charge in [-0.1, -0.05) is 12.1 Å². The van der Waals surface area contributed by atoms with Crippen molar-refractivity contribution < 1.29 is 13.5 Å². The predicted molar refractivity (Wildman–Crippen MR) is 65.6 cm³/mol. The standard InChI is InChI=1S/C13H10F2OS/c1-16-11-6-5-10(12(15)13(11)17)8-3-2-4-9(14)7-8/h2-7,17H,1H3. The van der Waals surface area contributed by atoms with Crippen LogP contribution in [-0.2, 0) is 0 Å². The normalized spacial score (nSPS) is 10.4. The molecule has 0 fully saturated rings. The first kappa shape index (κ1) is 11.9. The fourth-order valence-electron chi connectivity index (χ4n) is 1.59. The monoisotopic (exact) mass is 252 g/mol. The van der Waals surface area contributed by atoms with Gasteiger partial charge in [0.1, 0.15) is 17.4 Å². The zero-order valence-electron chi connectivity index (χ0n) is 9.08. The molecular formula is C13H10F2OS. The van der Waals surface area contributed by atoms with E-state index in [-0.39, 0.29) is 4.90 Å². The highest BCUT2D eigenvalue weighted by atomic mass is 32.1. The predicted octanol–water partition coefficient (Wildman–Crippen LogP) is 3.93. The molecule has 1 nitrogen and oxygen atoms in total. The molecule has 0 amide bonds. The highest BCUT2D eigenvalue weighted by Crippen LogP contribution is 2.33. The van der Waals surface area contributed by atoms with Crippen molar-refractivity contribution in [2.75, 3.05) is 7.11 Å². The highest BCUT2D eigenvalue weighted by molar-refractivity contribution is 7.80. The minimum atomic E-state index is -0.515. The lowest BCUT2D eigenvalue weighted by Gasteiger charge is -2.09. The van der Waals surface area contributed by atoms with E-state index in [9.17, 15) is 8.78 Å². The van der Waals surface area contributed by atoms with Gasteiger partial charge in [0.05, 0.1) is 12.0 Å². The molecule has 0 radical (unpaired) electrons. The Labute approximate surface area is 103 Å². The molecule has 0 saturated carbocycles. The molecule has 0 atom stereocenters. The molecule has 17 heavy (non-hydrogen) atoms. The van der Waals surface area contributed by atoms with Gasteiger partial charge in [-0.25, -0.2) is 8.78 Å². The summed E-state index contributed by atoms with van der Waals surface area (Å²) in [5.74, 6) is -0.567. The third-order valence-electron chi connectivity index (χ3n) is 2.43. The van der Waals surface area contributed by atoms with E-state index in [2.05, 4.69) is 12.6 Å². The maximum absolute atomic E-state index is 14.0. The number of ether oxygens (including phenoxy) is 1. The van der Waals surface area contributed by atoms with Crippen LogP contribution in [0.2, 0.25) is 0 Å². The van der Waals surface area contributed by atoms with Crippen LogP contribution < -0.4 is 4.74 Å². The number of rotatable bonds is 2. The average molecular weight is 252 g/mol. The fraction of sp³-hybridized carbons (Fsp3) is 0.0769. The summed E-state index contributed by atoms with van der Waals surface area (Å²) in [6.45, 7) is 0.